The quantitative estimate of drug-likeness (QED) is 0.221. The van der Waals surface area contributed by atoms with E-state index in [0.717, 1.165) is 4.70 Å². The number of nitro benzene ring substituents is 1. The Morgan fingerprint density at radius 2 is 1.97 bits per heavy atom. The number of amides is 1. The molecule has 10 heteroatoms. The number of aromatic nitrogens is 1. The van der Waals surface area contributed by atoms with Gasteiger partial charge < -0.3 is 14.0 Å². The van der Waals surface area contributed by atoms with Crippen molar-refractivity contribution in [2.45, 2.75) is 20.4 Å². The molecule has 9 nitrogen and oxygen atoms in total. The van der Waals surface area contributed by atoms with Crippen molar-refractivity contribution in [3.8, 4) is 5.75 Å². The molecule has 0 aliphatic carbocycles. The molecule has 32 heavy (non-hydrogen) atoms. The Balaban J connectivity index is 2.01. The summed E-state index contributed by atoms with van der Waals surface area (Å²) in [6, 6.07) is 11.4. The molecule has 2 aromatic carbocycles. The minimum absolute atomic E-state index is 0.0724. The van der Waals surface area contributed by atoms with Crippen molar-refractivity contribution in [2.24, 2.45) is 4.99 Å². The lowest BCUT2D eigenvalue weighted by Gasteiger charge is -2.09. The van der Waals surface area contributed by atoms with E-state index in [2.05, 4.69) is 4.99 Å². The highest BCUT2D eigenvalue weighted by molar-refractivity contribution is 7.16. The fourth-order valence-corrected chi connectivity index (χ4v) is 4.03. The van der Waals surface area contributed by atoms with Crippen LogP contribution in [-0.2, 0) is 20.9 Å². The summed E-state index contributed by atoms with van der Waals surface area (Å²) in [5.74, 6) is -0.454. The molecule has 1 amide bonds. The van der Waals surface area contributed by atoms with E-state index in [9.17, 15) is 19.7 Å². The Morgan fingerprint density at radius 1 is 1.19 bits per heavy atom. The summed E-state index contributed by atoms with van der Waals surface area (Å²) in [5.41, 5.74) is 1.08. The molecule has 0 unspecified atom stereocenters. The van der Waals surface area contributed by atoms with Gasteiger partial charge in [0.25, 0.3) is 11.6 Å². The van der Waals surface area contributed by atoms with Crippen LogP contribution in [0.25, 0.3) is 16.3 Å². The third kappa shape index (κ3) is 5.46. The zero-order valence-electron chi connectivity index (χ0n) is 17.5. The lowest BCUT2D eigenvalue weighted by Crippen LogP contribution is -2.23. The van der Waals surface area contributed by atoms with Gasteiger partial charge in [-0.2, -0.15) is 4.99 Å². The van der Waals surface area contributed by atoms with Crippen LogP contribution >= 0.6 is 11.3 Å². The van der Waals surface area contributed by atoms with E-state index in [1.807, 2.05) is 19.1 Å². The molecule has 166 valence electrons. The Labute approximate surface area is 187 Å². The van der Waals surface area contributed by atoms with Gasteiger partial charge in [0.15, 0.2) is 4.80 Å². The van der Waals surface area contributed by atoms with Crippen LogP contribution in [0, 0.1) is 10.1 Å². The normalized spacial score (nSPS) is 11.8. The standard InChI is InChI=1S/C22H21N3O6S/c1-3-30-17-9-6-10-18-21(17)24(14-20(27)31-4-2)22(32-18)23-19(26)12-11-15-7-5-8-16(13-15)25(28)29/h5-13H,3-4,14H2,1-2H3. The maximum Gasteiger partial charge on any atom is 0.326 e. The number of thiazole rings is 1. The second-order valence-corrected chi connectivity index (χ2v) is 7.46. The first-order valence-electron chi connectivity index (χ1n) is 9.85. The van der Waals surface area contributed by atoms with Crippen LogP contribution in [0.4, 0.5) is 5.69 Å². The van der Waals surface area contributed by atoms with Gasteiger partial charge in [0.05, 0.1) is 22.8 Å². The first-order chi connectivity index (χ1) is 15.4. The van der Waals surface area contributed by atoms with Gasteiger partial charge in [-0.05, 0) is 37.6 Å². The molecule has 1 heterocycles. The molecule has 0 aliphatic heterocycles. The van der Waals surface area contributed by atoms with E-state index in [1.165, 1.54) is 41.7 Å². The van der Waals surface area contributed by atoms with E-state index in [0.29, 0.717) is 28.2 Å². The molecule has 0 saturated carbocycles. The summed E-state index contributed by atoms with van der Waals surface area (Å²) in [5, 5.41) is 10.9. The zero-order chi connectivity index (χ0) is 23.1. The highest BCUT2D eigenvalue weighted by Gasteiger charge is 2.15. The fraction of sp³-hybridized carbons (Fsp3) is 0.227. The maximum atomic E-state index is 12.5. The molecular formula is C22H21N3O6S. The second kappa shape index (κ2) is 10.5. The van der Waals surface area contributed by atoms with Gasteiger partial charge in [0.1, 0.15) is 17.8 Å². The molecule has 0 radical (unpaired) electrons. The summed E-state index contributed by atoms with van der Waals surface area (Å²) in [6.07, 6.45) is 2.68. The van der Waals surface area contributed by atoms with Crippen molar-refractivity contribution in [3.63, 3.8) is 0 Å². The minimum Gasteiger partial charge on any atom is -0.492 e. The van der Waals surface area contributed by atoms with Crippen molar-refractivity contribution in [1.82, 2.24) is 4.57 Å². The number of fused-ring (bicyclic) bond motifs is 1. The van der Waals surface area contributed by atoms with Crippen LogP contribution in [0.2, 0.25) is 0 Å². The number of nitro groups is 1. The Kier molecular flexibility index (Phi) is 7.50. The molecule has 0 bridgehead atoms. The summed E-state index contributed by atoms with van der Waals surface area (Å²) < 4.78 is 13.2. The van der Waals surface area contributed by atoms with E-state index in [4.69, 9.17) is 9.47 Å². The molecule has 3 aromatic rings. The first kappa shape index (κ1) is 22.9. The molecule has 3 rings (SSSR count). The second-order valence-electron chi connectivity index (χ2n) is 6.45. The summed E-state index contributed by atoms with van der Waals surface area (Å²) in [7, 11) is 0. The van der Waals surface area contributed by atoms with Crippen molar-refractivity contribution in [1.29, 1.82) is 0 Å². The first-order valence-corrected chi connectivity index (χ1v) is 10.7. The average Bonchev–Trinajstić information content (AvgIpc) is 3.10. The van der Waals surface area contributed by atoms with E-state index in [-0.39, 0.29) is 18.8 Å². The van der Waals surface area contributed by atoms with Crippen molar-refractivity contribution in [2.75, 3.05) is 13.2 Å². The number of para-hydroxylation sites is 1. The average molecular weight is 455 g/mol. The topological polar surface area (TPSA) is 113 Å². The van der Waals surface area contributed by atoms with Gasteiger partial charge in [-0.1, -0.05) is 29.5 Å². The van der Waals surface area contributed by atoms with Crippen LogP contribution in [0.1, 0.15) is 19.4 Å². The lowest BCUT2D eigenvalue weighted by molar-refractivity contribution is -0.384. The number of rotatable bonds is 8. The Hall–Kier alpha value is -3.79. The summed E-state index contributed by atoms with van der Waals surface area (Å²) in [4.78, 5) is 39.6. The number of carbonyl (C=O) groups excluding carboxylic acids is 2. The predicted molar refractivity (Wildman–Crippen MR) is 120 cm³/mol. The monoisotopic (exact) mass is 455 g/mol. The predicted octanol–water partition coefficient (Wildman–Crippen LogP) is 3.71. The molecule has 0 fully saturated rings. The van der Waals surface area contributed by atoms with Gasteiger partial charge in [-0.25, -0.2) is 0 Å². The zero-order valence-corrected chi connectivity index (χ0v) is 18.3. The van der Waals surface area contributed by atoms with E-state index < -0.39 is 16.8 Å². The third-order valence-corrected chi connectivity index (χ3v) is 5.31. The van der Waals surface area contributed by atoms with Crippen LogP contribution in [0.15, 0.2) is 53.5 Å². The Bertz CT molecular complexity index is 1260. The molecule has 0 saturated heterocycles. The molecular weight excluding hydrogens is 434 g/mol. The SMILES string of the molecule is CCOC(=O)Cn1c(=NC(=O)C=Cc2cccc([N+](=O)[O-])c2)sc2cccc(OCC)c21. The molecule has 1 aromatic heterocycles. The van der Waals surface area contributed by atoms with Crippen molar-refractivity contribution >= 4 is 45.2 Å². The van der Waals surface area contributed by atoms with Gasteiger partial charge >= 0.3 is 5.97 Å². The van der Waals surface area contributed by atoms with Gasteiger partial charge in [0.2, 0.25) is 0 Å². The number of hydrogen-bond donors (Lipinski definition) is 0. The highest BCUT2D eigenvalue weighted by Crippen LogP contribution is 2.27. The smallest absolute Gasteiger partial charge is 0.326 e. The number of benzene rings is 2. The van der Waals surface area contributed by atoms with Crippen LogP contribution in [0.3, 0.4) is 0 Å². The highest BCUT2D eigenvalue weighted by atomic mass is 32.1. The number of non-ortho nitro benzene ring substituents is 1. The Morgan fingerprint density at radius 3 is 2.69 bits per heavy atom. The van der Waals surface area contributed by atoms with Crippen molar-refractivity contribution < 1.29 is 24.0 Å². The van der Waals surface area contributed by atoms with Gasteiger partial charge in [-0.3, -0.25) is 19.7 Å². The number of nitrogens with zero attached hydrogens (tertiary/aromatic N) is 3. The van der Waals surface area contributed by atoms with E-state index >= 15 is 0 Å². The fourth-order valence-electron chi connectivity index (χ4n) is 2.98. The van der Waals surface area contributed by atoms with Crippen molar-refractivity contribution in [3.05, 3.63) is 69.0 Å². The number of carbonyl (C=O) groups is 2. The minimum atomic E-state index is -0.571. The number of esters is 1. The maximum absolute atomic E-state index is 12.5. The third-order valence-electron chi connectivity index (χ3n) is 4.26. The molecule has 0 aliphatic rings. The van der Waals surface area contributed by atoms with E-state index in [1.54, 1.807) is 23.6 Å². The lowest BCUT2D eigenvalue weighted by atomic mass is 10.2. The van der Waals surface area contributed by atoms with Crippen LogP contribution < -0.4 is 9.54 Å². The molecule has 0 atom stereocenters. The summed E-state index contributed by atoms with van der Waals surface area (Å²) in [6.45, 7) is 4.11. The molecule has 0 N–H and O–H groups in total. The van der Waals surface area contributed by atoms with Gasteiger partial charge in [-0.15, -0.1) is 0 Å². The summed E-state index contributed by atoms with van der Waals surface area (Å²) >= 11 is 1.24. The van der Waals surface area contributed by atoms with Crippen LogP contribution in [0.5, 0.6) is 5.75 Å². The number of ether oxygens (including phenoxy) is 2. The van der Waals surface area contributed by atoms with Gasteiger partial charge in [0, 0.05) is 18.2 Å². The number of hydrogen-bond acceptors (Lipinski definition) is 7. The largest absolute Gasteiger partial charge is 0.492 e. The van der Waals surface area contributed by atoms with Crippen LogP contribution in [-0.4, -0.2) is 34.6 Å². The molecule has 0 spiro atoms.